The zero-order valence-electron chi connectivity index (χ0n) is 16.1. The quantitative estimate of drug-likeness (QED) is 0.450. The number of carbonyl (C=O) groups excluding carboxylic acids is 1. The van der Waals surface area contributed by atoms with E-state index in [2.05, 4.69) is 56.1 Å². The maximum Gasteiger partial charge on any atom is 0.223 e. The molecule has 0 bridgehead atoms. The number of ether oxygens (including phenoxy) is 2. The first-order valence-electron chi connectivity index (χ1n) is 8.74. The molecular formula is C21H27Br2NO3. The Morgan fingerprint density at radius 2 is 1.41 bits per heavy atom. The zero-order chi connectivity index (χ0) is 20.1. The van der Waals surface area contributed by atoms with Crippen LogP contribution in [0.1, 0.15) is 18.9 Å². The van der Waals surface area contributed by atoms with Crippen LogP contribution in [-0.2, 0) is 20.7 Å². The minimum Gasteiger partial charge on any atom is -0.385 e. The van der Waals surface area contributed by atoms with Gasteiger partial charge in [0.1, 0.15) is 0 Å². The van der Waals surface area contributed by atoms with E-state index in [1.54, 1.807) is 26.0 Å². The van der Waals surface area contributed by atoms with E-state index < -0.39 is 0 Å². The van der Waals surface area contributed by atoms with E-state index in [4.69, 9.17) is 9.47 Å². The SMILES string of the molecule is COCCCc1ccc(Br)cc1.COCCN(C(C)=O)c1ccc(Br)cc1. The maximum absolute atomic E-state index is 11.4. The summed E-state index contributed by atoms with van der Waals surface area (Å²) in [5.41, 5.74) is 2.26. The normalized spacial score (nSPS) is 10.1. The monoisotopic (exact) mass is 499 g/mol. The average molecular weight is 501 g/mol. The highest BCUT2D eigenvalue weighted by atomic mass is 79.9. The summed E-state index contributed by atoms with van der Waals surface area (Å²) in [6.07, 6.45) is 2.19. The molecule has 0 unspecified atom stereocenters. The lowest BCUT2D eigenvalue weighted by atomic mass is 10.1. The molecule has 4 nitrogen and oxygen atoms in total. The smallest absolute Gasteiger partial charge is 0.223 e. The number of hydrogen-bond donors (Lipinski definition) is 0. The van der Waals surface area contributed by atoms with Crippen molar-refractivity contribution >= 4 is 43.5 Å². The lowest BCUT2D eigenvalue weighted by Crippen LogP contribution is -2.31. The van der Waals surface area contributed by atoms with Crippen molar-refractivity contribution in [1.82, 2.24) is 0 Å². The Balaban J connectivity index is 0.000000277. The molecule has 0 aliphatic rings. The molecule has 0 spiro atoms. The number of hydrogen-bond acceptors (Lipinski definition) is 3. The van der Waals surface area contributed by atoms with Crippen molar-refractivity contribution in [3.63, 3.8) is 0 Å². The zero-order valence-corrected chi connectivity index (χ0v) is 19.3. The summed E-state index contributed by atoms with van der Waals surface area (Å²) in [5.74, 6) is 0.0226. The standard InChI is InChI=1S/C11H14BrNO2.C10H13BrO/c1-9(14)13(7-8-15-2)11-5-3-10(12)4-6-11;1-12-8-2-3-9-4-6-10(11)7-5-9/h3-6H,7-8H2,1-2H3;4-7H,2-3,8H2,1H3. The summed E-state index contributed by atoms with van der Waals surface area (Å²) in [7, 11) is 3.36. The van der Waals surface area contributed by atoms with E-state index in [1.165, 1.54) is 5.56 Å². The van der Waals surface area contributed by atoms with E-state index in [0.29, 0.717) is 13.2 Å². The molecule has 0 N–H and O–H groups in total. The fourth-order valence-corrected chi connectivity index (χ4v) is 2.87. The first kappa shape index (κ1) is 23.8. The molecule has 1 amide bonds. The van der Waals surface area contributed by atoms with Crippen molar-refractivity contribution in [2.24, 2.45) is 0 Å². The molecule has 2 aromatic carbocycles. The number of halogens is 2. The molecule has 27 heavy (non-hydrogen) atoms. The Morgan fingerprint density at radius 1 is 0.889 bits per heavy atom. The maximum atomic E-state index is 11.4. The van der Waals surface area contributed by atoms with Crippen LogP contribution in [0.5, 0.6) is 0 Å². The summed E-state index contributed by atoms with van der Waals surface area (Å²) in [4.78, 5) is 13.1. The van der Waals surface area contributed by atoms with Crippen LogP contribution in [0.3, 0.4) is 0 Å². The fourth-order valence-electron chi connectivity index (χ4n) is 2.34. The Morgan fingerprint density at radius 3 is 1.89 bits per heavy atom. The van der Waals surface area contributed by atoms with Crippen molar-refractivity contribution in [2.45, 2.75) is 19.8 Å². The molecular weight excluding hydrogens is 474 g/mol. The number of carbonyl (C=O) groups is 1. The molecule has 0 saturated heterocycles. The van der Waals surface area contributed by atoms with Gasteiger partial charge < -0.3 is 14.4 Å². The summed E-state index contributed by atoms with van der Waals surface area (Å²) < 4.78 is 12.1. The molecule has 0 heterocycles. The van der Waals surface area contributed by atoms with E-state index in [9.17, 15) is 4.79 Å². The van der Waals surface area contributed by atoms with Crippen molar-refractivity contribution in [3.05, 3.63) is 63.0 Å². The number of aryl methyl sites for hydroxylation is 1. The molecule has 2 aromatic rings. The highest BCUT2D eigenvalue weighted by Gasteiger charge is 2.10. The van der Waals surface area contributed by atoms with Gasteiger partial charge in [-0.2, -0.15) is 0 Å². The topological polar surface area (TPSA) is 38.8 Å². The van der Waals surface area contributed by atoms with Gasteiger partial charge in [0, 0.05) is 48.9 Å². The summed E-state index contributed by atoms with van der Waals surface area (Å²) in [6.45, 7) is 3.51. The second-order valence-electron chi connectivity index (χ2n) is 5.86. The van der Waals surface area contributed by atoms with Crippen LogP contribution in [0.4, 0.5) is 5.69 Å². The molecule has 0 saturated carbocycles. The van der Waals surface area contributed by atoms with E-state index >= 15 is 0 Å². The third-order valence-electron chi connectivity index (χ3n) is 3.76. The molecule has 2 rings (SSSR count). The third kappa shape index (κ3) is 10.1. The number of nitrogens with zero attached hydrogens (tertiary/aromatic N) is 1. The van der Waals surface area contributed by atoms with Crippen molar-refractivity contribution < 1.29 is 14.3 Å². The Labute approximate surface area is 179 Å². The second-order valence-corrected chi connectivity index (χ2v) is 7.69. The van der Waals surface area contributed by atoms with Crippen LogP contribution in [-0.4, -0.2) is 39.9 Å². The number of rotatable bonds is 8. The van der Waals surface area contributed by atoms with Gasteiger partial charge in [-0.15, -0.1) is 0 Å². The largest absolute Gasteiger partial charge is 0.385 e. The summed E-state index contributed by atoms with van der Waals surface area (Å²) in [5, 5.41) is 0. The molecule has 0 aliphatic carbocycles. The Kier molecular flexibility index (Phi) is 12.3. The van der Waals surface area contributed by atoms with E-state index in [-0.39, 0.29) is 5.91 Å². The molecule has 0 aromatic heterocycles. The first-order chi connectivity index (χ1) is 13.0. The van der Waals surface area contributed by atoms with Crippen LogP contribution in [0, 0.1) is 0 Å². The van der Waals surface area contributed by atoms with Crippen LogP contribution in [0.25, 0.3) is 0 Å². The van der Waals surface area contributed by atoms with Gasteiger partial charge in [0.15, 0.2) is 0 Å². The first-order valence-corrected chi connectivity index (χ1v) is 10.3. The van der Waals surface area contributed by atoms with Crippen molar-refractivity contribution in [1.29, 1.82) is 0 Å². The van der Waals surface area contributed by atoms with Crippen molar-refractivity contribution in [3.8, 4) is 0 Å². The minimum absolute atomic E-state index is 0.0226. The average Bonchev–Trinajstić information content (AvgIpc) is 2.65. The lowest BCUT2D eigenvalue weighted by molar-refractivity contribution is -0.116. The number of anilines is 1. The predicted molar refractivity (Wildman–Crippen MR) is 118 cm³/mol. The van der Waals surface area contributed by atoms with Crippen molar-refractivity contribution in [2.75, 3.05) is 38.9 Å². The van der Waals surface area contributed by atoms with Crippen LogP contribution >= 0.6 is 31.9 Å². The fraction of sp³-hybridized carbons (Fsp3) is 0.381. The molecule has 0 radical (unpaired) electrons. The molecule has 6 heteroatoms. The Hall–Kier alpha value is -1.21. The number of benzene rings is 2. The molecule has 0 aliphatic heterocycles. The molecule has 148 valence electrons. The van der Waals surface area contributed by atoms with Crippen LogP contribution in [0.15, 0.2) is 57.5 Å². The minimum atomic E-state index is 0.0226. The summed E-state index contributed by atoms with van der Waals surface area (Å²) >= 11 is 6.76. The number of methoxy groups -OCH3 is 2. The molecule has 0 atom stereocenters. The van der Waals surface area contributed by atoms with Crippen LogP contribution in [0.2, 0.25) is 0 Å². The highest BCUT2D eigenvalue weighted by Crippen LogP contribution is 2.18. The predicted octanol–water partition coefficient (Wildman–Crippen LogP) is 5.48. The van der Waals surface area contributed by atoms with E-state index in [1.807, 2.05) is 24.3 Å². The second kappa shape index (κ2) is 13.9. The highest BCUT2D eigenvalue weighted by molar-refractivity contribution is 9.10. The van der Waals surface area contributed by atoms with Gasteiger partial charge in [-0.25, -0.2) is 0 Å². The molecule has 0 fully saturated rings. The Bertz CT molecular complexity index is 660. The van der Waals surface area contributed by atoms with Crippen LogP contribution < -0.4 is 4.90 Å². The van der Waals surface area contributed by atoms with Gasteiger partial charge in [-0.1, -0.05) is 44.0 Å². The van der Waals surface area contributed by atoms with Gasteiger partial charge in [0.25, 0.3) is 0 Å². The van der Waals surface area contributed by atoms with Gasteiger partial charge in [0.2, 0.25) is 5.91 Å². The number of amides is 1. The van der Waals surface area contributed by atoms with Gasteiger partial charge in [0.05, 0.1) is 6.61 Å². The third-order valence-corrected chi connectivity index (χ3v) is 4.82. The van der Waals surface area contributed by atoms with E-state index in [0.717, 1.165) is 34.1 Å². The summed E-state index contributed by atoms with van der Waals surface area (Å²) in [6, 6.07) is 16.1. The van der Waals surface area contributed by atoms with Gasteiger partial charge in [-0.05, 0) is 54.8 Å². The van der Waals surface area contributed by atoms with Gasteiger partial charge in [-0.3, -0.25) is 4.79 Å². The lowest BCUT2D eigenvalue weighted by Gasteiger charge is -2.20. The van der Waals surface area contributed by atoms with Gasteiger partial charge >= 0.3 is 0 Å².